The van der Waals surface area contributed by atoms with Crippen LogP contribution in [-0.2, 0) is 14.8 Å². The van der Waals surface area contributed by atoms with Crippen molar-refractivity contribution in [2.75, 3.05) is 25.5 Å². The lowest BCUT2D eigenvalue weighted by Crippen LogP contribution is -2.41. The zero-order chi connectivity index (χ0) is 22.6. The molecule has 1 N–H and O–H groups in total. The molecular formula is C25H26N2O4S. The van der Waals surface area contributed by atoms with E-state index in [-0.39, 0.29) is 16.7 Å². The number of nitrogens with one attached hydrogen (secondary N) is 1. The van der Waals surface area contributed by atoms with E-state index in [4.69, 9.17) is 4.74 Å². The Bertz CT molecular complexity index is 1150. The Hall–Kier alpha value is -3.16. The fourth-order valence-electron chi connectivity index (χ4n) is 3.88. The zero-order valence-electron chi connectivity index (χ0n) is 17.9. The molecule has 7 heteroatoms. The fourth-order valence-corrected chi connectivity index (χ4v) is 5.35. The SMILES string of the molecule is COc1ccc(S(=O)(=O)N2CCC(C(=O)Nc3ccc(-c4ccccc4)cc3)CC2)cc1. The van der Waals surface area contributed by atoms with Gasteiger partial charge in [0.1, 0.15) is 5.75 Å². The molecule has 0 aromatic heterocycles. The van der Waals surface area contributed by atoms with Crippen LogP contribution in [0.15, 0.2) is 83.8 Å². The molecule has 1 saturated heterocycles. The predicted octanol–water partition coefficient (Wildman–Crippen LogP) is 4.40. The van der Waals surface area contributed by atoms with Crippen LogP contribution >= 0.6 is 0 Å². The number of amides is 1. The standard InChI is InChI=1S/C25H26N2O4S/c1-31-23-11-13-24(14-12-23)32(29,30)27-17-15-21(16-18-27)25(28)26-22-9-7-20(8-10-22)19-5-3-2-4-6-19/h2-14,21H,15-18H2,1H3,(H,26,28). The van der Waals surface area contributed by atoms with Gasteiger partial charge in [0, 0.05) is 24.7 Å². The van der Waals surface area contributed by atoms with E-state index in [0.29, 0.717) is 31.7 Å². The smallest absolute Gasteiger partial charge is 0.243 e. The van der Waals surface area contributed by atoms with E-state index in [1.54, 1.807) is 24.3 Å². The quantitative estimate of drug-likeness (QED) is 0.604. The lowest BCUT2D eigenvalue weighted by atomic mass is 9.97. The topological polar surface area (TPSA) is 75.7 Å². The van der Waals surface area contributed by atoms with Gasteiger partial charge in [-0.2, -0.15) is 4.31 Å². The van der Waals surface area contributed by atoms with Gasteiger partial charge in [0.2, 0.25) is 15.9 Å². The molecule has 0 saturated carbocycles. The summed E-state index contributed by atoms with van der Waals surface area (Å²) in [5, 5.41) is 2.97. The number of piperidine rings is 1. The van der Waals surface area contributed by atoms with Crippen LogP contribution in [0, 0.1) is 5.92 Å². The van der Waals surface area contributed by atoms with E-state index in [9.17, 15) is 13.2 Å². The minimum atomic E-state index is -3.58. The molecule has 0 bridgehead atoms. The van der Waals surface area contributed by atoms with Crippen molar-refractivity contribution >= 4 is 21.6 Å². The highest BCUT2D eigenvalue weighted by atomic mass is 32.2. The van der Waals surface area contributed by atoms with Crippen molar-refractivity contribution < 1.29 is 17.9 Å². The van der Waals surface area contributed by atoms with Gasteiger partial charge in [0.15, 0.2) is 0 Å². The summed E-state index contributed by atoms with van der Waals surface area (Å²) < 4.78 is 32.3. The Morgan fingerprint density at radius 1 is 0.875 bits per heavy atom. The number of rotatable bonds is 6. The normalized spacial score (nSPS) is 15.3. The fraction of sp³-hybridized carbons (Fsp3) is 0.240. The average molecular weight is 451 g/mol. The number of hydrogen-bond acceptors (Lipinski definition) is 4. The van der Waals surface area contributed by atoms with Crippen molar-refractivity contribution in [2.24, 2.45) is 5.92 Å². The monoisotopic (exact) mass is 450 g/mol. The maximum atomic E-state index is 12.9. The molecule has 3 aromatic rings. The number of hydrogen-bond donors (Lipinski definition) is 1. The van der Waals surface area contributed by atoms with Crippen LogP contribution in [0.25, 0.3) is 11.1 Å². The van der Waals surface area contributed by atoms with Crippen molar-refractivity contribution in [3.63, 3.8) is 0 Å². The summed E-state index contributed by atoms with van der Waals surface area (Å²) in [5.41, 5.74) is 2.94. The van der Waals surface area contributed by atoms with E-state index in [1.165, 1.54) is 11.4 Å². The van der Waals surface area contributed by atoms with Crippen molar-refractivity contribution in [1.82, 2.24) is 4.31 Å². The van der Waals surface area contributed by atoms with Gasteiger partial charge in [0.05, 0.1) is 12.0 Å². The Kier molecular flexibility index (Phi) is 6.58. The lowest BCUT2D eigenvalue weighted by Gasteiger charge is -2.30. The van der Waals surface area contributed by atoms with Crippen LogP contribution < -0.4 is 10.1 Å². The third-order valence-electron chi connectivity index (χ3n) is 5.78. The highest BCUT2D eigenvalue weighted by molar-refractivity contribution is 7.89. The average Bonchev–Trinajstić information content (AvgIpc) is 2.85. The molecule has 0 spiro atoms. The zero-order valence-corrected chi connectivity index (χ0v) is 18.7. The first-order valence-electron chi connectivity index (χ1n) is 10.6. The summed E-state index contributed by atoms with van der Waals surface area (Å²) in [6.07, 6.45) is 0.979. The number of carbonyl (C=O) groups excluding carboxylic acids is 1. The molecule has 0 aliphatic carbocycles. The van der Waals surface area contributed by atoms with E-state index < -0.39 is 10.0 Å². The molecular weight excluding hydrogens is 424 g/mol. The minimum absolute atomic E-state index is 0.0704. The van der Waals surface area contributed by atoms with Gasteiger partial charge in [-0.1, -0.05) is 42.5 Å². The molecule has 3 aromatic carbocycles. The highest BCUT2D eigenvalue weighted by Gasteiger charge is 2.32. The van der Waals surface area contributed by atoms with E-state index in [1.807, 2.05) is 54.6 Å². The Morgan fingerprint density at radius 2 is 1.47 bits per heavy atom. The second-order valence-electron chi connectivity index (χ2n) is 7.79. The van der Waals surface area contributed by atoms with E-state index in [0.717, 1.165) is 16.8 Å². The molecule has 1 heterocycles. The Balaban J connectivity index is 1.34. The van der Waals surface area contributed by atoms with Crippen LogP contribution in [0.4, 0.5) is 5.69 Å². The minimum Gasteiger partial charge on any atom is -0.497 e. The number of ether oxygens (including phenoxy) is 1. The molecule has 1 amide bonds. The Morgan fingerprint density at radius 3 is 2.06 bits per heavy atom. The second-order valence-corrected chi connectivity index (χ2v) is 9.72. The molecule has 1 fully saturated rings. The van der Waals surface area contributed by atoms with Gasteiger partial charge in [-0.15, -0.1) is 0 Å². The molecule has 1 aliphatic heterocycles. The van der Waals surface area contributed by atoms with Gasteiger partial charge in [-0.25, -0.2) is 8.42 Å². The van der Waals surface area contributed by atoms with Gasteiger partial charge < -0.3 is 10.1 Å². The van der Waals surface area contributed by atoms with Gasteiger partial charge in [-0.05, 0) is 60.4 Å². The number of benzene rings is 3. The number of methoxy groups -OCH3 is 1. The summed E-state index contributed by atoms with van der Waals surface area (Å²) in [7, 11) is -2.04. The van der Waals surface area contributed by atoms with Crippen molar-refractivity contribution in [3.05, 3.63) is 78.9 Å². The van der Waals surface area contributed by atoms with Gasteiger partial charge >= 0.3 is 0 Å². The first-order chi connectivity index (χ1) is 15.5. The largest absolute Gasteiger partial charge is 0.497 e. The third-order valence-corrected chi connectivity index (χ3v) is 7.69. The van der Waals surface area contributed by atoms with Crippen LogP contribution in [0.1, 0.15) is 12.8 Å². The maximum absolute atomic E-state index is 12.9. The Labute approximate surface area is 188 Å². The van der Waals surface area contributed by atoms with Crippen molar-refractivity contribution in [3.8, 4) is 16.9 Å². The van der Waals surface area contributed by atoms with Crippen LogP contribution in [0.2, 0.25) is 0 Å². The summed E-state index contributed by atoms with van der Waals surface area (Å²) in [6, 6.07) is 24.2. The van der Waals surface area contributed by atoms with Crippen LogP contribution in [0.5, 0.6) is 5.75 Å². The van der Waals surface area contributed by atoms with Crippen molar-refractivity contribution in [2.45, 2.75) is 17.7 Å². The third kappa shape index (κ3) is 4.84. The molecule has 0 atom stereocenters. The summed E-state index contributed by atoms with van der Waals surface area (Å²) in [4.78, 5) is 13.0. The first-order valence-corrected chi connectivity index (χ1v) is 12.0. The predicted molar refractivity (Wildman–Crippen MR) is 125 cm³/mol. The van der Waals surface area contributed by atoms with Gasteiger partial charge in [0.25, 0.3) is 0 Å². The number of nitrogens with zero attached hydrogens (tertiary/aromatic N) is 1. The number of anilines is 1. The summed E-state index contributed by atoms with van der Waals surface area (Å²) in [5.74, 6) is 0.321. The molecule has 4 rings (SSSR count). The second kappa shape index (κ2) is 9.54. The molecule has 1 aliphatic rings. The molecule has 0 unspecified atom stereocenters. The maximum Gasteiger partial charge on any atom is 0.243 e. The van der Waals surface area contributed by atoms with Crippen molar-refractivity contribution in [1.29, 1.82) is 0 Å². The molecule has 0 radical (unpaired) electrons. The van der Waals surface area contributed by atoms with Crippen LogP contribution in [-0.4, -0.2) is 38.8 Å². The van der Waals surface area contributed by atoms with Gasteiger partial charge in [-0.3, -0.25) is 4.79 Å². The van der Waals surface area contributed by atoms with E-state index in [2.05, 4.69) is 5.32 Å². The molecule has 32 heavy (non-hydrogen) atoms. The molecule has 166 valence electrons. The lowest BCUT2D eigenvalue weighted by molar-refractivity contribution is -0.120. The number of carbonyl (C=O) groups is 1. The summed E-state index contributed by atoms with van der Waals surface area (Å²) >= 11 is 0. The first kappa shape index (κ1) is 22.0. The summed E-state index contributed by atoms with van der Waals surface area (Å²) in [6.45, 7) is 0.638. The molecule has 6 nitrogen and oxygen atoms in total. The van der Waals surface area contributed by atoms with E-state index >= 15 is 0 Å². The number of sulfonamides is 1. The highest BCUT2D eigenvalue weighted by Crippen LogP contribution is 2.27. The van der Waals surface area contributed by atoms with Crippen LogP contribution in [0.3, 0.4) is 0 Å².